The first kappa shape index (κ1) is 8.54. The van der Waals surface area contributed by atoms with Gasteiger partial charge in [-0.05, 0) is 35.8 Å². The summed E-state index contributed by atoms with van der Waals surface area (Å²) in [4.78, 5) is 4.25. The van der Waals surface area contributed by atoms with Crippen LogP contribution in [-0.2, 0) is 0 Å². The van der Waals surface area contributed by atoms with Gasteiger partial charge in [-0.2, -0.15) is 0 Å². The van der Waals surface area contributed by atoms with Crippen LogP contribution < -0.4 is 5.73 Å². The summed E-state index contributed by atoms with van der Waals surface area (Å²) < 4.78 is 0. The monoisotopic (exact) mass is 176 g/mol. The molecule has 0 aromatic carbocycles. The van der Waals surface area contributed by atoms with Crippen molar-refractivity contribution in [2.24, 2.45) is 0 Å². The number of nitrogen functional groups attached to an aromatic ring is 1. The lowest BCUT2D eigenvalue weighted by Gasteiger charge is -2.11. The minimum atomic E-state index is 0.478. The molecule has 0 amide bonds. The molecule has 0 unspecified atom stereocenters. The lowest BCUT2D eigenvalue weighted by Crippen LogP contribution is -2.01. The normalized spacial score (nSPS) is 16.5. The molecule has 2 heteroatoms. The molecular weight excluding hydrogens is 160 g/mol. The van der Waals surface area contributed by atoms with E-state index >= 15 is 0 Å². The molecule has 2 nitrogen and oxygen atoms in total. The predicted molar refractivity (Wildman–Crippen MR) is 54.7 cm³/mol. The van der Waals surface area contributed by atoms with Gasteiger partial charge in [-0.15, -0.1) is 0 Å². The van der Waals surface area contributed by atoms with Crippen molar-refractivity contribution in [3.63, 3.8) is 0 Å². The number of anilines is 1. The quantitative estimate of drug-likeness (QED) is 0.752. The van der Waals surface area contributed by atoms with Crippen molar-refractivity contribution < 1.29 is 0 Å². The van der Waals surface area contributed by atoms with Crippen LogP contribution in [0, 0.1) is 0 Å². The minimum Gasteiger partial charge on any atom is -0.398 e. The molecule has 1 saturated carbocycles. The van der Waals surface area contributed by atoms with E-state index in [1.165, 1.54) is 24.0 Å². The van der Waals surface area contributed by atoms with Crippen molar-refractivity contribution in [1.29, 1.82) is 0 Å². The summed E-state index contributed by atoms with van der Waals surface area (Å²) in [5.74, 6) is 1.18. The van der Waals surface area contributed by atoms with Gasteiger partial charge in [-0.25, -0.2) is 0 Å². The third-order valence-corrected chi connectivity index (χ3v) is 2.69. The van der Waals surface area contributed by atoms with E-state index < -0.39 is 0 Å². The van der Waals surface area contributed by atoms with Gasteiger partial charge in [0.05, 0.1) is 0 Å². The van der Waals surface area contributed by atoms with Gasteiger partial charge in [-0.1, -0.05) is 13.8 Å². The smallest absolute Gasteiger partial charge is 0.0415 e. The summed E-state index contributed by atoms with van der Waals surface area (Å²) in [6.45, 7) is 4.31. The molecule has 70 valence electrons. The molecule has 0 spiro atoms. The van der Waals surface area contributed by atoms with Crippen LogP contribution in [-0.4, -0.2) is 4.98 Å². The topological polar surface area (TPSA) is 38.9 Å². The molecule has 1 aromatic rings. The molecule has 0 saturated heterocycles. The van der Waals surface area contributed by atoms with Crippen LogP contribution in [0.25, 0.3) is 0 Å². The van der Waals surface area contributed by atoms with Gasteiger partial charge in [-0.3, -0.25) is 4.98 Å². The van der Waals surface area contributed by atoms with E-state index in [2.05, 4.69) is 18.8 Å². The maximum absolute atomic E-state index is 6.09. The van der Waals surface area contributed by atoms with Crippen LogP contribution in [0.1, 0.15) is 49.7 Å². The van der Waals surface area contributed by atoms with Gasteiger partial charge in [0, 0.05) is 18.1 Å². The van der Waals surface area contributed by atoms with Crippen LogP contribution in [0.15, 0.2) is 12.4 Å². The number of aromatic nitrogens is 1. The lowest BCUT2D eigenvalue weighted by atomic mass is 9.99. The predicted octanol–water partition coefficient (Wildman–Crippen LogP) is 2.66. The minimum absolute atomic E-state index is 0.478. The fourth-order valence-electron chi connectivity index (χ4n) is 1.68. The Morgan fingerprint density at radius 2 is 2.08 bits per heavy atom. The van der Waals surface area contributed by atoms with Crippen LogP contribution in [0.3, 0.4) is 0 Å². The lowest BCUT2D eigenvalue weighted by molar-refractivity contribution is 0.856. The number of pyridine rings is 1. The highest BCUT2D eigenvalue weighted by atomic mass is 14.7. The number of nitrogens with zero attached hydrogens (tertiary/aromatic N) is 1. The molecule has 2 rings (SSSR count). The largest absolute Gasteiger partial charge is 0.398 e. The second-order valence-corrected chi connectivity index (χ2v) is 4.16. The van der Waals surface area contributed by atoms with E-state index in [-0.39, 0.29) is 0 Å². The first-order chi connectivity index (χ1) is 6.20. The zero-order valence-corrected chi connectivity index (χ0v) is 8.25. The van der Waals surface area contributed by atoms with E-state index in [0.717, 1.165) is 5.69 Å². The van der Waals surface area contributed by atoms with Crippen molar-refractivity contribution >= 4 is 5.69 Å². The van der Waals surface area contributed by atoms with Gasteiger partial charge in [0.2, 0.25) is 0 Å². The summed E-state index contributed by atoms with van der Waals surface area (Å²) in [6, 6.07) is 0. The Bertz CT molecular complexity index is 294. The third-order valence-electron chi connectivity index (χ3n) is 2.69. The Kier molecular flexibility index (Phi) is 1.98. The molecule has 1 fully saturated rings. The molecule has 1 aromatic heterocycles. The maximum atomic E-state index is 6.09. The van der Waals surface area contributed by atoms with Gasteiger partial charge in [0.1, 0.15) is 0 Å². The first-order valence-electron chi connectivity index (χ1n) is 4.93. The van der Waals surface area contributed by atoms with E-state index in [1.807, 2.05) is 12.4 Å². The summed E-state index contributed by atoms with van der Waals surface area (Å²) in [5.41, 5.74) is 9.53. The molecular formula is C11H16N2. The zero-order chi connectivity index (χ0) is 9.42. The highest BCUT2D eigenvalue weighted by molar-refractivity contribution is 5.55. The molecule has 0 aliphatic heterocycles. The second kappa shape index (κ2) is 3.02. The average molecular weight is 176 g/mol. The van der Waals surface area contributed by atoms with Crippen molar-refractivity contribution in [1.82, 2.24) is 4.98 Å². The Morgan fingerprint density at radius 1 is 1.38 bits per heavy atom. The van der Waals surface area contributed by atoms with Crippen LogP contribution >= 0.6 is 0 Å². The maximum Gasteiger partial charge on any atom is 0.0415 e. The molecule has 1 heterocycles. The molecule has 2 N–H and O–H groups in total. The second-order valence-electron chi connectivity index (χ2n) is 4.16. The van der Waals surface area contributed by atoms with Crippen molar-refractivity contribution in [3.05, 3.63) is 23.5 Å². The molecule has 1 aliphatic carbocycles. The summed E-state index contributed by atoms with van der Waals surface area (Å²) >= 11 is 0. The molecule has 0 radical (unpaired) electrons. The van der Waals surface area contributed by atoms with Gasteiger partial charge in [0.15, 0.2) is 0 Å². The average Bonchev–Trinajstić information content (AvgIpc) is 2.87. The van der Waals surface area contributed by atoms with E-state index in [1.54, 1.807) is 0 Å². The molecule has 0 atom stereocenters. The van der Waals surface area contributed by atoms with Gasteiger partial charge >= 0.3 is 0 Å². The van der Waals surface area contributed by atoms with E-state index in [4.69, 9.17) is 5.73 Å². The molecule has 0 bridgehead atoms. The number of nitrogens with two attached hydrogens (primary N) is 1. The molecule has 13 heavy (non-hydrogen) atoms. The highest BCUT2D eigenvalue weighted by Crippen LogP contribution is 2.43. The fraction of sp³-hybridized carbons (Fsp3) is 0.545. The summed E-state index contributed by atoms with van der Waals surface area (Å²) in [6.07, 6.45) is 6.39. The number of hydrogen-bond acceptors (Lipinski definition) is 2. The highest BCUT2D eigenvalue weighted by Gasteiger charge is 2.26. The Hall–Kier alpha value is -1.05. The SMILES string of the molecule is CC(C)c1cncc(C2CC2)c1N. The van der Waals surface area contributed by atoms with Crippen LogP contribution in [0.2, 0.25) is 0 Å². The van der Waals surface area contributed by atoms with Crippen molar-refractivity contribution in [3.8, 4) is 0 Å². The standard InChI is InChI=1S/C11H16N2/c1-7(2)9-5-13-6-10(11(9)12)8-3-4-8/h5-8H,3-4H2,1-2H3,(H2,12,13). The Morgan fingerprint density at radius 3 is 2.62 bits per heavy atom. The fourth-order valence-corrected chi connectivity index (χ4v) is 1.68. The van der Waals surface area contributed by atoms with E-state index in [0.29, 0.717) is 11.8 Å². The number of rotatable bonds is 2. The number of hydrogen-bond donors (Lipinski definition) is 1. The first-order valence-corrected chi connectivity index (χ1v) is 4.93. The third kappa shape index (κ3) is 1.53. The van der Waals surface area contributed by atoms with Crippen molar-refractivity contribution in [2.75, 3.05) is 5.73 Å². The summed E-state index contributed by atoms with van der Waals surface area (Å²) in [7, 11) is 0. The van der Waals surface area contributed by atoms with Crippen molar-refractivity contribution in [2.45, 2.75) is 38.5 Å². The van der Waals surface area contributed by atoms with Crippen LogP contribution in [0.5, 0.6) is 0 Å². The Balaban J connectivity index is 2.41. The van der Waals surface area contributed by atoms with Gasteiger partial charge < -0.3 is 5.73 Å². The zero-order valence-electron chi connectivity index (χ0n) is 8.25. The van der Waals surface area contributed by atoms with E-state index in [9.17, 15) is 0 Å². The Labute approximate surface area is 79.2 Å². The van der Waals surface area contributed by atoms with Gasteiger partial charge in [0.25, 0.3) is 0 Å². The van der Waals surface area contributed by atoms with Crippen LogP contribution in [0.4, 0.5) is 5.69 Å². The molecule has 1 aliphatic rings. The summed E-state index contributed by atoms with van der Waals surface area (Å²) in [5, 5.41) is 0.